The molecule has 2 rings (SSSR count). The molecule has 0 fully saturated rings. The van der Waals surface area contributed by atoms with E-state index in [1.54, 1.807) is 20.0 Å². The van der Waals surface area contributed by atoms with E-state index in [-0.39, 0.29) is 10.6 Å². The third kappa shape index (κ3) is 4.25. The van der Waals surface area contributed by atoms with Gasteiger partial charge in [0.2, 0.25) is 10.0 Å². The van der Waals surface area contributed by atoms with E-state index in [0.29, 0.717) is 5.82 Å². The second-order valence-electron chi connectivity index (χ2n) is 5.30. The number of carbonyl (C=O) groups excluding carboxylic acids is 2. The molecule has 2 aromatic rings. The van der Waals surface area contributed by atoms with Gasteiger partial charge in [0, 0.05) is 26.4 Å². The van der Waals surface area contributed by atoms with Crippen molar-refractivity contribution >= 4 is 27.7 Å². The van der Waals surface area contributed by atoms with Crippen molar-refractivity contribution < 1.29 is 22.7 Å². The van der Waals surface area contributed by atoms with Gasteiger partial charge < -0.3 is 14.6 Å². The number of carbonyl (C=O) groups is 2. The van der Waals surface area contributed by atoms with Gasteiger partial charge in [0.05, 0.1) is 5.69 Å². The maximum absolute atomic E-state index is 12.1. The van der Waals surface area contributed by atoms with Crippen molar-refractivity contribution in [1.82, 2.24) is 19.1 Å². The zero-order valence-electron chi connectivity index (χ0n) is 14.2. The third-order valence-corrected chi connectivity index (χ3v) is 4.75. The standard InChI is InChI=1S/C14H19N5O5S/c1-9-5-12(19(4)17-9)16-13(20)8-24-14(21)11-6-10(7-18(11)3)25(22,23)15-2/h5-7,15H,8H2,1-4H3,(H,16,20). The van der Waals surface area contributed by atoms with Crippen LogP contribution in [0.5, 0.6) is 0 Å². The largest absolute Gasteiger partial charge is 0.451 e. The number of sulfonamides is 1. The molecule has 2 N–H and O–H groups in total. The number of aromatic nitrogens is 3. The Balaban J connectivity index is 2.01. The molecular weight excluding hydrogens is 350 g/mol. The summed E-state index contributed by atoms with van der Waals surface area (Å²) in [7, 11) is 0.766. The molecule has 0 radical (unpaired) electrons. The number of ether oxygens (including phenoxy) is 1. The van der Waals surface area contributed by atoms with E-state index in [1.165, 1.54) is 35.6 Å². The quantitative estimate of drug-likeness (QED) is 0.678. The molecule has 2 heterocycles. The summed E-state index contributed by atoms with van der Waals surface area (Å²) < 4.78 is 33.4. The molecule has 0 spiro atoms. The van der Waals surface area contributed by atoms with Crippen molar-refractivity contribution in [1.29, 1.82) is 0 Å². The van der Waals surface area contributed by atoms with Gasteiger partial charge in [-0.3, -0.25) is 9.48 Å². The number of amides is 1. The molecule has 0 aliphatic rings. The van der Waals surface area contributed by atoms with Crippen LogP contribution in [-0.2, 0) is 33.7 Å². The van der Waals surface area contributed by atoms with Crippen LogP contribution in [0.15, 0.2) is 23.2 Å². The number of nitrogens with zero attached hydrogens (tertiary/aromatic N) is 3. The summed E-state index contributed by atoms with van der Waals surface area (Å²) in [5.74, 6) is -0.871. The second kappa shape index (κ2) is 7.07. The number of hydrogen-bond acceptors (Lipinski definition) is 6. The van der Waals surface area contributed by atoms with Gasteiger partial charge in [-0.2, -0.15) is 5.10 Å². The van der Waals surface area contributed by atoms with Crippen molar-refractivity contribution in [2.24, 2.45) is 14.1 Å². The van der Waals surface area contributed by atoms with E-state index in [9.17, 15) is 18.0 Å². The molecular formula is C14H19N5O5S. The molecule has 0 unspecified atom stereocenters. The lowest BCUT2D eigenvalue weighted by Crippen LogP contribution is -2.22. The lowest BCUT2D eigenvalue weighted by Gasteiger charge is -2.07. The minimum absolute atomic E-state index is 0.0120. The van der Waals surface area contributed by atoms with Gasteiger partial charge in [-0.15, -0.1) is 0 Å². The van der Waals surface area contributed by atoms with E-state index >= 15 is 0 Å². The average molecular weight is 369 g/mol. The van der Waals surface area contributed by atoms with Crippen LogP contribution in [0.25, 0.3) is 0 Å². The summed E-state index contributed by atoms with van der Waals surface area (Å²) in [6.45, 7) is 1.27. The van der Waals surface area contributed by atoms with Crippen LogP contribution in [0, 0.1) is 6.92 Å². The monoisotopic (exact) mass is 369 g/mol. The van der Waals surface area contributed by atoms with Crippen LogP contribution in [0.1, 0.15) is 16.2 Å². The molecule has 1 amide bonds. The second-order valence-corrected chi connectivity index (χ2v) is 7.18. The molecule has 11 heteroatoms. The fraction of sp³-hybridized carbons (Fsp3) is 0.357. The molecule has 0 aliphatic heterocycles. The Morgan fingerprint density at radius 1 is 1.28 bits per heavy atom. The summed E-state index contributed by atoms with van der Waals surface area (Å²) in [5, 5.41) is 6.64. The summed E-state index contributed by atoms with van der Waals surface area (Å²) in [6, 6.07) is 2.85. The molecule has 0 aromatic carbocycles. The Bertz CT molecular complexity index is 912. The number of esters is 1. The number of aryl methyl sites for hydroxylation is 3. The van der Waals surface area contributed by atoms with Crippen molar-refractivity contribution in [3.8, 4) is 0 Å². The lowest BCUT2D eigenvalue weighted by molar-refractivity contribution is -0.119. The highest BCUT2D eigenvalue weighted by Crippen LogP contribution is 2.14. The first-order valence-electron chi connectivity index (χ1n) is 7.21. The Kier molecular flexibility index (Phi) is 5.28. The van der Waals surface area contributed by atoms with Crippen LogP contribution in [0.2, 0.25) is 0 Å². The Hall–Kier alpha value is -2.66. The number of rotatable bonds is 6. The SMILES string of the molecule is CNS(=O)(=O)c1cc(C(=O)OCC(=O)Nc2cc(C)nn2C)n(C)c1. The molecule has 10 nitrogen and oxygen atoms in total. The first kappa shape index (κ1) is 18.7. The number of hydrogen-bond donors (Lipinski definition) is 2. The summed E-state index contributed by atoms with van der Waals surface area (Å²) in [6.07, 6.45) is 1.28. The third-order valence-electron chi connectivity index (χ3n) is 3.37. The summed E-state index contributed by atoms with van der Waals surface area (Å²) >= 11 is 0. The van der Waals surface area contributed by atoms with Crippen LogP contribution in [0.3, 0.4) is 0 Å². The fourth-order valence-electron chi connectivity index (χ4n) is 2.11. The van der Waals surface area contributed by atoms with Gasteiger partial charge in [0.1, 0.15) is 16.4 Å². The van der Waals surface area contributed by atoms with E-state index in [0.717, 1.165) is 5.69 Å². The first-order valence-corrected chi connectivity index (χ1v) is 8.70. The van der Waals surface area contributed by atoms with Crippen LogP contribution in [-0.4, -0.2) is 48.3 Å². The van der Waals surface area contributed by atoms with Crippen molar-refractivity contribution in [2.75, 3.05) is 19.0 Å². The summed E-state index contributed by atoms with van der Waals surface area (Å²) in [4.78, 5) is 23.9. The number of anilines is 1. The average Bonchev–Trinajstić information content (AvgIpc) is 3.08. The molecule has 0 saturated carbocycles. The van der Waals surface area contributed by atoms with Crippen molar-refractivity contribution in [2.45, 2.75) is 11.8 Å². The Labute approximate surface area is 144 Å². The first-order chi connectivity index (χ1) is 11.6. The Morgan fingerprint density at radius 3 is 2.52 bits per heavy atom. The van der Waals surface area contributed by atoms with E-state index in [1.807, 2.05) is 0 Å². The van der Waals surface area contributed by atoms with Gasteiger partial charge in [-0.05, 0) is 20.0 Å². The van der Waals surface area contributed by atoms with Crippen LogP contribution < -0.4 is 10.0 Å². The highest BCUT2D eigenvalue weighted by atomic mass is 32.2. The van der Waals surface area contributed by atoms with E-state index < -0.39 is 28.5 Å². The zero-order chi connectivity index (χ0) is 18.8. The van der Waals surface area contributed by atoms with E-state index in [4.69, 9.17) is 4.74 Å². The van der Waals surface area contributed by atoms with Crippen LogP contribution in [0.4, 0.5) is 5.82 Å². The van der Waals surface area contributed by atoms with E-state index in [2.05, 4.69) is 15.1 Å². The molecule has 136 valence electrons. The van der Waals surface area contributed by atoms with Gasteiger partial charge >= 0.3 is 5.97 Å². The van der Waals surface area contributed by atoms with Gasteiger partial charge in [-0.1, -0.05) is 0 Å². The smallest absolute Gasteiger partial charge is 0.355 e. The summed E-state index contributed by atoms with van der Waals surface area (Å²) in [5.41, 5.74) is 0.745. The molecule has 0 bridgehead atoms. The maximum atomic E-state index is 12.1. The lowest BCUT2D eigenvalue weighted by atomic mass is 10.4. The normalized spacial score (nSPS) is 11.4. The van der Waals surface area contributed by atoms with Crippen molar-refractivity contribution in [3.63, 3.8) is 0 Å². The van der Waals surface area contributed by atoms with Crippen molar-refractivity contribution in [3.05, 3.63) is 29.7 Å². The predicted octanol–water partition coefficient (Wildman–Crippen LogP) is -0.229. The fourth-order valence-corrected chi connectivity index (χ4v) is 2.91. The minimum Gasteiger partial charge on any atom is -0.451 e. The van der Waals surface area contributed by atoms with Gasteiger partial charge in [0.15, 0.2) is 6.61 Å². The van der Waals surface area contributed by atoms with Gasteiger partial charge in [0.25, 0.3) is 5.91 Å². The predicted molar refractivity (Wildman–Crippen MR) is 88.5 cm³/mol. The number of nitrogens with one attached hydrogen (secondary N) is 2. The molecule has 0 saturated heterocycles. The van der Waals surface area contributed by atoms with Crippen LogP contribution >= 0.6 is 0 Å². The van der Waals surface area contributed by atoms with Gasteiger partial charge in [-0.25, -0.2) is 17.9 Å². The maximum Gasteiger partial charge on any atom is 0.355 e. The topological polar surface area (TPSA) is 124 Å². The highest BCUT2D eigenvalue weighted by molar-refractivity contribution is 7.89. The highest BCUT2D eigenvalue weighted by Gasteiger charge is 2.20. The zero-order valence-corrected chi connectivity index (χ0v) is 15.0. The molecule has 25 heavy (non-hydrogen) atoms. The minimum atomic E-state index is -3.68. The Morgan fingerprint density at radius 2 is 1.96 bits per heavy atom. The molecule has 0 aliphatic carbocycles. The molecule has 0 atom stereocenters. The molecule has 2 aromatic heterocycles.